The topological polar surface area (TPSA) is 58.6 Å². The number of amides is 1. The van der Waals surface area contributed by atoms with E-state index in [2.05, 4.69) is 5.32 Å². The molecule has 0 bridgehead atoms. The van der Waals surface area contributed by atoms with E-state index >= 15 is 0 Å². The number of nitrogens with one attached hydrogen (secondary N) is 1. The second-order valence-electron chi connectivity index (χ2n) is 6.09. The molecule has 1 fully saturated rings. The SMILES string of the molecule is CC(C)C(CCO)NC(=O)c1ccccc1OCC1CC1. The van der Waals surface area contributed by atoms with Crippen LogP contribution in [-0.4, -0.2) is 30.3 Å². The van der Waals surface area contributed by atoms with Crippen molar-refractivity contribution in [3.05, 3.63) is 29.8 Å². The van der Waals surface area contributed by atoms with Crippen molar-refractivity contribution in [3.8, 4) is 5.75 Å². The predicted octanol–water partition coefficient (Wildman–Crippen LogP) is 2.61. The van der Waals surface area contributed by atoms with E-state index in [0.717, 1.165) is 0 Å². The highest BCUT2D eigenvalue weighted by Gasteiger charge is 2.23. The minimum absolute atomic E-state index is 0.0287. The van der Waals surface area contributed by atoms with Crippen LogP contribution in [0.25, 0.3) is 0 Å². The van der Waals surface area contributed by atoms with Crippen molar-refractivity contribution < 1.29 is 14.6 Å². The van der Waals surface area contributed by atoms with E-state index in [9.17, 15) is 4.79 Å². The summed E-state index contributed by atoms with van der Waals surface area (Å²) >= 11 is 0. The predicted molar refractivity (Wildman–Crippen MR) is 82.5 cm³/mol. The fourth-order valence-electron chi connectivity index (χ4n) is 2.23. The van der Waals surface area contributed by atoms with E-state index in [4.69, 9.17) is 9.84 Å². The van der Waals surface area contributed by atoms with Crippen LogP contribution in [0.5, 0.6) is 5.75 Å². The van der Waals surface area contributed by atoms with Gasteiger partial charge in [-0.2, -0.15) is 0 Å². The van der Waals surface area contributed by atoms with Crippen molar-refractivity contribution >= 4 is 5.91 Å². The maximum absolute atomic E-state index is 12.4. The molecule has 1 aromatic rings. The van der Waals surface area contributed by atoms with Crippen LogP contribution in [0.1, 0.15) is 43.5 Å². The summed E-state index contributed by atoms with van der Waals surface area (Å²) in [5, 5.41) is 12.1. The lowest BCUT2D eigenvalue weighted by atomic mass is 10.0. The van der Waals surface area contributed by atoms with Crippen LogP contribution in [0.15, 0.2) is 24.3 Å². The fourth-order valence-corrected chi connectivity index (χ4v) is 2.23. The van der Waals surface area contributed by atoms with Crippen molar-refractivity contribution in [2.24, 2.45) is 11.8 Å². The van der Waals surface area contributed by atoms with Crippen LogP contribution in [0, 0.1) is 11.8 Å². The molecule has 0 saturated heterocycles. The lowest BCUT2D eigenvalue weighted by Crippen LogP contribution is -2.39. The summed E-state index contributed by atoms with van der Waals surface area (Å²) in [7, 11) is 0. The largest absolute Gasteiger partial charge is 0.492 e. The third-order valence-electron chi connectivity index (χ3n) is 3.86. The highest BCUT2D eigenvalue weighted by atomic mass is 16.5. The van der Waals surface area contributed by atoms with Gasteiger partial charge in [-0.25, -0.2) is 0 Å². The Morgan fingerprint density at radius 1 is 1.38 bits per heavy atom. The van der Waals surface area contributed by atoms with Crippen LogP contribution in [-0.2, 0) is 0 Å². The molecule has 1 saturated carbocycles. The van der Waals surface area contributed by atoms with E-state index in [1.807, 2.05) is 32.0 Å². The Labute approximate surface area is 126 Å². The van der Waals surface area contributed by atoms with Crippen molar-refractivity contribution in [3.63, 3.8) is 0 Å². The normalized spacial score (nSPS) is 15.8. The average Bonchev–Trinajstić information content (AvgIpc) is 3.29. The van der Waals surface area contributed by atoms with E-state index < -0.39 is 0 Å². The first-order valence-electron chi connectivity index (χ1n) is 7.75. The molecule has 21 heavy (non-hydrogen) atoms. The Hall–Kier alpha value is -1.55. The zero-order valence-electron chi connectivity index (χ0n) is 12.8. The van der Waals surface area contributed by atoms with Gasteiger partial charge in [-0.1, -0.05) is 26.0 Å². The summed E-state index contributed by atoms with van der Waals surface area (Å²) in [4.78, 5) is 12.4. The van der Waals surface area contributed by atoms with E-state index in [-0.39, 0.29) is 24.5 Å². The molecule has 1 aromatic carbocycles. The van der Waals surface area contributed by atoms with E-state index in [1.165, 1.54) is 12.8 Å². The molecule has 1 atom stereocenters. The van der Waals surface area contributed by atoms with Gasteiger partial charge in [0, 0.05) is 12.6 Å². The molecule has 4 heteroatoms. The maximum Gasteiger partial charge on any atom is 0.255 e. The van der Waals surface area contributed by atoms with Gasteiger partial charge in [0.1, 0.15) is 5.75 Å². The second-order valence-corrected chi connectivity index (χ2v) is 6.09. The van der Waals surface area contributed by atoms with Crippen molar-refractivity contribution in [1.82, 2.24) is 5.32 Å². The van der Waals surface area contributed by atoms with Gasteiger partial charge in [0.25, 0.3) is 5.91 Å². The molecular formula is C17H25NO3. The standard InChI is InChI=1S/C17H25NO3/c1-12(2)15(9-10-19)18-17(20)14-5-3-4-6-16(14)21-11-13-7-8-13/h3-6,12-13,15,19H,7-11H2,1-2H3,(H,18,20). The molecule has 0 radical (unpaired) electrons. The summed E-state index contributed by atoms with van der Waals surface area (Å²) in [6.07, 6.45) is 3.01. The molecule has 1 aliphatic rings. The molecule has 116 valence electrons. The molecule has 4 nitrogen and oxygen atoms in total. The number of ether oxygens (including phenoxy) is 1. The molecule has 0 spiro atoms. The number of hydrogen-bond acceptors (Lipinski definition) is 3. The van der Waals surface area contributed by atoms with Gasteiger partial charge in [-0.05, 0) is 43.2 Å². The highest BCUT2D eigenvalue weighted by Crippen LogP contribution is 2.30. The maximum atomic E-state index is 12.4. The Balaban J connectivity index is 2.02. The second kappa shape index (κ2) is 7.46. The highest BCUT2D eigenvalue weighted by molar-refractivity contribution is 5.97. The molecular weight excluding hydrogens is 266 g/mol. The minimum atomic E-state index is -0.131. The molecule has 1 unspecified atom stereocenters. The zero-order valence-corrected chi connectivity index (χ0v) is 12.8. The Kier molecular flexibility index (Phi) is 5.62. The molecule has 0 heterocycles. The van der Waals surface area contributed by atoms with Crippen molar-refractivity contribution in [2.75, 3.05) is 13.2 Å². The van der Waals surface area contributed by atoms with Gasteiger partial charge < -0.3 is 15.2 Å². The van der Waals surface area contributed by atoms with Crippen LogP contribution in [0.3, 0.4) is 0 Å². The molecule has 2 rings (SSSR count). The first kappa shape index (κ1) is 15.8. The number of para-hydroxylation sites is 1. The number of carbonyl (C=O) groups is 1. The first-order chi connectivity index (χ1) is 10.1. The third-order valence-corrected chi connectivity index (χ3v) is 3.86. The molecule has 1 amide bonds. The summed E-state index contributed by atoms with van der Waals surface area (Å²) < 4.78 is 5.77. The quantitative estimate of drug-likeness (QED) is 0.774. The monoisotopic (exact) mass is 291 g/mol. The average molecular weight is 291 g/mol. The van der Waals surface area contributed by atoms with Crippen LogP contribution in [0.2, 0.25) is 0 Å². The van der Waals surface area contributed by atoms with Gasteiger partial charge in [-0.15, -0.1) is 0 Å². The van der Waals surface area contributed by atoms with E-state index in [0.29, 0.717) is 30.3 Å². The smallest absolute Gasteiger partial charge is 0.255 e. The number of benzene rings is 1. The van der Waals surface area contributed by atoms with Gasteiger partial charge >= 0.3 is 0 Å². The van der Waals surface area contributed by atoms with Crippen molar-refractivity contribution in [2.45, 2.75) is 39.2 Å². The van der Waals surface area contributed by atoms with Gasteiger partial charge in [0.05, 0.1) is 12.2 Å². The lowest BCUT2D eigenvalue weighted by molar-refractivity contribution is 0.0912. The van der Waals surface area contributed by atoms with Crippen LogP contribution in [0.4, 0.5) is 0 Å². The number of hydrogen-bond donors (Lipinski definition) is 2. The van der Waals surface area contributed by atoms with Gasteiger partial charge in [0.2, 0.25) is 0 Å². The Morgan fingerprint density at radius 3 is 2.71 bits per heavy atom. The van der Waals surface area contributed by atoms with Crippen molar-refractivity contribution in [1.29, 1.82) is 0 Å². The van der Waals surface area contributed by atoms with E-state index in [1.54, 1.807) is 6.07 Å². The molecule has 0 aliphatic heterocycles. The summed E-state index contributed by atoms with van der Waals surface area (Å²) in [6.45, 7) is 4.84. The minimum Gasteiger partial charge on any atom is -0.492 e. The molecule has 0 aromatic heterocycles. The molecule has 1 aliphatic carbocycles. The van der Waals surface area contributed by atoms with Crippen LogP contribution >= 0.6 is 0 Å². The first-order valence-corrected chi connectivity index (χ1v) is 7.75. The van der Waals surface area contributed by atoms with Gasteiger partial charge in [-0.3, -0.25) is 4.79 Å². The Bertz CT molecular complexity index is 469. The molecule has 2 N–H and O–H groups in total. The summed E-state index contributed by atoms with van der Waals surface area (Å²) in [5.74, 6) is 1.45. The Morgan fingerprint density at radius 2 is 2.10 bits per heavy atom. The number of aliphatic hydroxyl groups excluding tert-OH is 1. The van der Waals surface area contributed by atoms with Gasteiger partial charge in [0.15, 0.2) is 0 Å². The number of carbonyl (C=O) groups excluding carboxylic acids is 1. The van der Waals surface area contributed by atoms with Crippen LogP contribution < -0.4 is 10.1 Å². The third kappa shape index (κ3) is 4.74. The number of aliphatic hydroxyl groups is 1. The summed E-state index contributed by atoms with van der Waals surface area (Å²) in [5.41, 5.74) is 0.571. The fraction of sp³-hybridized carbons (Fsp3) is 0.588. The zero-order chi connectivity index (χ0) is 15.2. The number of rotatable bonds is 8. The lowest BCUT2D eigenvalue weighted by Gasteiger charge is -2.22. The summed E-state index contributed by atoms with van der Waals surface area (Å²) in [6, 6.07) is 7.32.